The van der Waals surface area contributed by atoms with Crippen LogP contribution in [0.3, 0.4) is 0 Å². The predicted octanol–water partition coefficient (Wildman–Crippen LogP) is 6.03. The van der Waals surface area contributed by atoms with Crippen molar-refractivity contribution in [3.05, 3.63) is 53.6 Å². The van der Waals surface area contributed by atoms with Crippen LogP contribution in [-0.2, 0) is 5.41 Å². The summed E-state index contributed by atoms with van der Waals surface area (Å²) in [7, 11) is 0. The molecule has 0 N–H and O–H groups in total. The van der Waals surface area contributed by atoms with Crippen LogP contribution in [0, 0.1) is 0 Å². The van der Waals surface area contributed by atoms with E-state index < -0.39 is 0 Å². The van der Waals surface area contributed by atoms with E-state index in [1.807, 2.05) is 6.92 Å². The molecule has 0 saturated heterocycles. The van der Waals surface area contributed by atoms with E-state index in [-0.39, 0.29) is 5.41 Å². The van der Waals surface area contributed by atoms with Crippen LogP contribution < -0.4 is 4.74 Å². The third-order valence-electron chi connectivity index (χ3n) is 4.68. The largest absolute Gasteiger partial charge is 0.494 e. The average molecular weight is 319 g/mol. The van der Waals surface area contributed by atoms with Crippen molar-refractivity contribution < 1.29 is 4.74 Å². The summed E-state index contributed by atoms with van der Waals surface area (Å²) in [5.41, 5.74) is 2.94. The summed E-state index contributed by atoms with van der Waals surface area (Å²) < 4.78 is 5.59. The molecule has 1 aromatic rings. The Balaban J connectivity index is 2.38. The summed E-state index contributed by atoms with van der Waals surface area (Å²) in [5.74, 6) is 1.52. The minimum Gasteiger partial charge on any atom is -0.494 e. The summed E-state index contributed by atoms with van der Waals surface area (Å²) in [6.45, 7) is 4.87. The summed E-state index contributed by atoms with van der Waals surface area (Å²) in [6, 6.07) is 8.70. The fourth-order valence-corrected chi connectivity index (χ4v) is 3.73. The molecule has 0 unspecified atom stereocenters. The number of alkyl halides is 1. The topological polar surface area (TPSA) is 9.23 Å². The van der Waals surface area contributed by atoms with Gasteiger partial charge in [-0.3, -0.25) is 0 Å². The fourth-order valence-electron chi connectivity index (χ4n) is 3.64. The highest BCUT2D eigenvalue weighted by Gasteiger charge is 2.36. The number of hydrogen-bond donors (Lipinski definition) is 0. The molecule has 120 valence electrons. The van der Waals surface area contributed by atoms with Crippen molar-refractivity contribution in [1.29, 1.82) is 0 Å². The highest BCUT2D eigenvalue weighted by atomic mass is 35.5. The van der Waals surface area contributed by atoms with Gasteiger partial charge in [-0.05, 0) is 50.0 Å². The van der Waals surface area contributed by atoms with Gasteiger partial charge in [0.05, 0.1) is 6.61 Å². The molecule has 2 heteroatoms. The SMILES string of the molecule is C/C=C(\C=C/CCl)C1(c2ccc(OCC)cc2)CCCCC1. The van der Waals surface area contributed by atoms with E-state index in [1.165, 1.54) is 43.2 Å². The Hall–Kier alpha value is -1.21. The first-order chi connectivity index (χ1) is 10.8. The standard InChI is InChI=1S/C20H27ClO/c1-3-17(9-8-16-21)20(14-6-5-7-15-20)18-10-12-19(13-11-18)22-4-2/h3,8-13H,4-7,14-16H2,1-2H3/b9-8-,17-3+. The van der Waals surface area contributed by atoms with Gasteiger partial charge in [0.25, 0.3) is 0 Å². The molecule has 1 fully saturated rings. The normalized spacial score (nSPS) is 18.6. The van der Waals surface area contributed by atoms with Crippen molar-refractivity contribution in [3.63, 3.8) is 0 Å². The first-order valence-corrected chi connectivity index (χ1v) is 8.93. The van der Waals surface area contributed by atoms with E-state index in [0.29, 0.717) is 12.5 Å². The number of rotatable bonds is 6. The van der Waals surface area contributed by atoms with Crippen molar-refractivity contribution in [2.45, 2.75) is 51.4 Å². The monoisotopic (exact) mass is 318 g/mol. The van der Waals surface area contributed by atoms with Crippen molar-refractivity contribution in [2.24, 2.45) is 0 Å². The number of benzene rings is 1. The molecule has 0 radical (unpaired) electrons. The Morgan fingerprint density at radius 2 is 1.86 bits per heavy atom. The fraction of sp³-hybridized carbons (Fsp3) is 0.500. The number of halogens is 1. The molecule has 0 aliphatic heterocycles. The lowest BCUT2D eigenvalue weighted by atomic mass is 9.64. The third-order valence-corrected chi connectivity index (χ3v) is 4.85. The summed E-state index contributed by atoms with van der Waals surface area (Å²) in [6.07, 6.45) is 12.9. The van der Waals surface area contributed by atoms with Gasteiger partial charge in [0, 0.05) is 11.3 Å². The second-order valence-electron chi connectivity index (χ2n) is 5.90. The molecule has 2 rings (SSSR count). The van der Waals surface area contributed by atoms with Gasteiger partial charge in [-0.15, -0.1) is 11.6 Å². The Labute approximate surface area is 140 Å². The maximum atomic E-state index is 5.86. The maximum absolute atomic E-state index is 5.86. The van der Waals surface area contributed by atoms with Crippen LogP contribution in [-0.4, -0.2) is 12.5 Å². The second kappa shape index (κ2) is 8.43. The molecule has 0 amide bonds. The minimum atomic E-state index is 0.139. The molecule has 22 heavy (non-hydrogen) atoms. The molecule has 0 bridgehead atoms. The molecule has 1 aromatic carbocycles. The first kappa shape index (κ1) is 17.1. The van der Waals surface area contributed by atoms with Crippen molar-refractivity contribution in [2.75, 3.05) is 12.5 Å². The lowest BCUT2D eigenvalue weighted by Crippen LogP contribution is -2.30. The van der Waals surface area contributed by atoms with Gasteiger partial charge in [0.1, 0.15) is 5.75 Å². The van der Waals surface area contributed by atoms with Gasteiger partial charge in [-0.2, -0.15) is 0 Å². The van der Waals surface area contributed by atoms with Crippen LogP contribution in [0.1, 0.15) is 51.5 Å². The van der Waals surface area contributed by atoms with Crippen LogP contribution in [0.5, 0.6) is 5.75 Å². The van der Waals surface area contributed by atoms with E-state index in [2.05, 4.69) is 49.4 Å². The molecular formula is C20H27ClO. The predicted molar refractivity (Wildman–Crippen MR) is 96.0 cm³/mol. The van der Waals surface area contributed by atoms with Crippen molar-refractivity contribution >= 4 is 11.6 Å². The van der Waals surface area contributed by atoms with E-state index in [1.54, 1.807) is 0 Å². The Morgan fingerprint density at radius 3 is 2.41 bits per heavy atom. The number of allylic oxidation sites excluding steroid dienone is 4. The highest BCUT2D eigenvalue weighted by Crippen LogP contribution is 2.45. The van der Waals surface area contributed by atoms with Crippen molar-refractivity contribution in [1.82, 2.24) is 0 Å². The average Bonchev–Trinajstić information content (AvgIpc) is 2.57. The van der Waals surface area contributed by atoms with Gasteiger partial charge in [0.15, 0.2) is 0 Å². The summed E-state index contributed by atoms with van der Waals surface area (Å²) >= 11 is 5.86. The molecule has 0 spiro atoms. The van der Waals surface area contributed by atoms with E-state index >= 15 is 0 Å². The number of hydrogen-bond acceptors (Lipinski definition) is 1. The highest BCUT2D eigenvalue weighted by molar-refractivity contribution is 6.18. The summed E-state index contributed by atoms with van der Waals surface area (Å²) in [4.78, 5) is 0. The van der Waals surface area contributed by atoms with E-state index in [4.69, 9.17) is 16.3 Å². The quantitative estimate of drug-likeness (QED) is 0.459. The minimum absolute atomic E-state index is 0.139. The van der Waals surface area contributed by atoms with Gasteiger partial charge in [-0.1, -0.05) is 49.6 Å². The smallest absolute Gasteiger partial charge is 0.119 e. The van der Waals surface area contributed by atoms with Gasteiger partial charge >= 0.3 is 0 Å². The third kappa shape index (κ3) is 3.76. The van der Waals surface area contributed by atoms with E-state index in [9.17, 15) is 0 Å². The van der Waals surface area contributed by atoms with Gasteiger partial charge in [0.2, 0.25) is 0 Å². The van der Waals surface area contributed by atoms with Crippen molar-refractivity contribution in [3.8, 4) is 5.75 Å². The Morgan fingerprint density at radius 1 is 1.18 bits per heavy atom. The Bertz CT molecular complexity index is 507. The zero-order valence-corrected chi connectivity index (χ0v) is 14.5. The first-order valence-electron chi connectivity index (χ1n) is 8.39. The van der Waals surface area contributed by atoms with Crippen LogP contribution in [0.2, 0.25) is 0 Å². The molecule has 0 atom stereocenters. The molecule has 1 aliphatic rings. The zero-order chi connectivity index (χ0) is 15.8. The van der Waals surface area contributed by atoms with Crippen LogP contribution in [0.25, 0.3) is 0 Å². The van der Waals surface area contributed by atoms with Crippen LogP contribution >= 0.6 is 11.6 Å². The zero-order valence-electron chi connectivity index (χ0n) is 13.8. The molecule has 1 saturated carbocycles. The molecular weight excluding hydrogens is 292 g/mol. The van der Waals surface area contributed by atoms with Crippen LogP contribution in [0.15, 0.2) is 48.1 Å². The number of ether oxygens (including phenoxy) is 1. The lowest BCUT2D eigenvalue weighted by Gasteiger charge is -2.39. The molecule has 0 aromatic heterocycles. The molecule has 0 heterocycles. The lowest BCUT2D eigenvalue weighted by molar-refractivity contribution is 0.335. The molecule has 1 nitrogen and oxygen atoms in total. The van der Waals surface area contributed by atoms with Crippen LogP contribution in [0.4, 0.5) is 0 Å². The van der Waals surface area contributed by atoms with Gasteiger partial charge in [-0.25, -0.2) is 0 Å². The van der Waals surface area contributed by atoms with E-state index in [0.717, 1.165) is 5.75 Å². The second-order valence-corrected chi connectivity index (χ2v) is 6.21. The van der Waals surface area contributed by atoms with Gasteiger partial charge < -0.3 is 4.74 Å². The Kier molecular flexibility index (Phi) is 6.57. The summed E-state index contributed by atoms with van der Waals surface area (Å²) in [5, 5.41) is 0. The maximum Gasteiger partial charge on any atom is 0.119 e. The molecule has 1 aliphatic carbocycles.